The molecule has 4 heteroatoms. The van der Waals surface area contributed by atoms with Crippen LogP contribution in [-0.4, -0.2) is 43.6 Å². The fraction of sp³-hybridized carbons (Fsp3) is 0.562. The molecule has 2 aliphatic rings. The summed E-state index contributed by atoms with van der Waals surface area (Å²) >= 11 is 0. The summed E-state index contributed by atoms with van der Waals surface area (Å²) in [6, 6.07) is 7.88. The van der Waals surface area contributed by atoms with Gasteiger partial charge in [-0.05, 0) is 43.9 Å². The van der Waals surface area contributed by atoms with Crippen LogP contribution < -0.4 is 10.1 Å². The second kappa shape index (κ2) is 5.83. The number of nitrogens with zero attached hydrogens (tertiary/aromatic N) is 1. The van der Waals surface area contributed by atoms with Crippen LogP contribution in [0.3, 0.4) is 0 Å². The third-order valence-electron chi connectivity index (χ3n) is 4.19. The molecule has 1 atom stereocenters. The van der Waals surface area contributed by atoms with Gasteiger partial charge in [-0.25, -0.2) is 0 Å². The number of carbonyl (C=O) groups excluding carboxylic acids is 1. The zero-order valence-electron chi connectivity index (χ0n) is 12.0. The Hall–Kier alpha value is -1.55. The normalized spacial score (nSPS) is 21.8. The molecule has 0 bridgehead atoms. The maximum atomic E-state index is 12.6. The van der Waals surface area contributed by atoms with Gasteiger partial charge in [-0.15, -0.1) is 0 Å². The SMILES string of the molecule is CN(C(=O)c1ccccc1OCC1CC1)C1CCNC1. The first-order chi connectivity index (χ1) is 9.75. The first kappa shape index (κ1) is 13.4. The first-order valence-electron chi connectivity index (χ1n) is 7.45. The maximum Gasteiger partial charge on any atom is 0.257 e. The Bertz CT molecular complexity index is 479. The van der Waals surface area contributed by atoms with E-state index in [1.54, 1.807) is 0 Å². The lowest BCUT2D eigenvalue weighted by molar-refractivity contribution is 0.0739. The van der Waals surface area contributed by atoms with Gasteiger partial charge in [-0.3, -0.25) is 4.79 Å². The van der Waals surface area contributed by atoms with E-state index in [0.29, 0.717) is 17.5 Å². The van der Waals surface area contributed by atoms with Crippen LogP contribution in [0.2, 0.25) is 0 Å². The molecule has 1 aliphatic carbocycles. The maximum absolute atomic E-state index is 12.6. The Balaban J connectivity index is 1.71. The highest BCUT2D eigenvalue weighted by Gasteiger charge is 2.27. The van der Waals surface area contributed by atoms with Gasteiger partial charge >= 0.3 is 0 Å². The zero-order valence-corrected chi connectivity index (χ0v) is 12.0. The minimum absolute atomic E-state index is 0.0603. The van der Waals surface area contributed by atoms with Gasteiger partial charge in [0.25, 0.3) is 5.91 Å². The smallest absolute Gasteiger partial charge is 0.257 e. The molecule has 0 radical (unpaired) electrons. The van der Waals surface area contributed by atoms with Crippen LogP contribution in [0.5, 0.6) is 5.75 Å². The molecule has 108 valence electrons. The minimum Gasteiger partial charge on any atom is -0.492 e. The highest BCUT2D eigenvalue weighted by molar-refractivity contribution is 5.97. The highest BCUT2D eigenvalue weighted by Crippen LogP contribution is 2.30. The molecule has 1 N–H and O–H groups in total. The van der Waals surface area contributed by atoms with Crippen molar-refractivity contribution in [3.8, 4) is 5.75 Å². The molecule has 1 aromatic rings. The van der Waals surface area contributed by atoms with Gasteiger partial charge in [0.1, 0.15) is 5.75 Å². The zero-order chi connectivity index (χ0) is 13.9. The third kappa shape index (κ3) is 2.96. The van der Waals surface area contributed by atoms with E-state index >= 15 is 0 Å². The Morgan fingerprint density at radius 1 is 1.35 bits per heavy atom. The predicted octanol–water partition coefficient (Wildman–Crippen LogP) is 1.91. The van der Waals surface area contributed by atoms with Crippen LogP contribution in [0.15, 0.2) is 24.3 Å². The summed E-state index contributed by atoms with van der Waals surface area (Å²) in [7, 11) is 1.89. The van der Waals surface area contributed by atoms with Crippen molar-refractivity contribution >= 4 is 5.91 Å². The van der Waals surface area contributed by atoms with E-state index in [1.165, 1.54) is 12.8 Å². The molecule has 2 fully saturated rings. The molecular formula is C16H22N2O2. The number of para-hydroxylation sites is 1. The van der Waals surface area contributed by atoms with Crippen LogP contribution >= 0.6 is 0 Å². The number of hydrogen-bond acceptors (Lipinski definition) is 3. The molecule has 1 saturated heterocycles. The Labute approximate surface area is 120 Å². The monoisotopic (exact) mass is 274 g/mol. The number of likely N-dealkylation sites (N-methyl/N-ethyl adjacent to an activating group) is 1. The van der Waals surface area contributed by atoms with Crippen molar-refractivity contribution in [2.75, 3.05) is 26.7 Å². The van der Waals surface area contributed by atoms with E-state index < -0.39 is 0 Å². The lowest BCUT2D eigenvalue weighted by Gasteiger charge is -2.24. The van der Waals surface area contributed by atoms with Crippen molar-refractivity contribution in [1.82, 2.24) is 10.2 Å². The summed E-state index contributed by atoms with van der Waals surface area (Å²) in [5, 5.41) is 3.30. The molecule has 4 nitrogen and oxygen atoms in total. The number of ether oxygens (including phenoxy) is 1. The summed E-state index contributed by atoms with van der Waals surface area (Å²) in [5.74, 6) is 1.47. The average Bonchev–Trinajstić information content (AvgIpc) is 3.15. The summed E-state index contributed by atoms with van der Waals surface area (Å²) in [6.07, 6.45) is 3.53. The van der Waals surface area contributed by atoms with Crippen molar-refractivity contribution in [1.29, 1.82) is 0 Å². The number of nitrogens with one attached hydrogen (secondary N) is 1. The number of hydrogen-bond donors (Lipinski definition) is 1. The van der Waals surface area contributed by atoms with Gasteiger partial charge in [0, 0.05) is 19.6 Å². The van der Waals surface area contributed by atoms with Gasteiger partial charge in [0.15, 0.2) is 0 Å². The number of carbonyl (C=O) groups is 1. The van der Waals surface area contributed by atoms with E-state index in [-0.39, 0.29) is 5.91 Å². The highest BCUT2D eigenvalue weighted by atomic mass is 16.5. The lowest BCUT2D eigenvalue weighted by Crippen LogP contribution is -2.38. The third-order valence-corrected chi connectivity index (χ3v) is 4.19. The van der Waals surface area contributed by atoms with Crippen molar-refractivity contribution < 1.29 is 9.53 Å². The summed E-state index contributed by atoms with van der Waals surface area (Å²) < 4.78 is 5.83. The van der Waals surface area contributed by atoms with Crippen molar-refractivity contribution in [3.63, 3.8) is 0 Å². The standard InChI is InChI=1S/C16H22N2O2/c1-18(13-8-9-17-10-13)16(19)14-4-2-3-5-15(14)20-11-12-6-7-12/h2-5,12-13,17H,6-11H2,1H3. The molecule has 1 unspecified atom stereocenters. The van der Waals surface area contributed by atoms with Crippen LogP contribution in [0.4, 0.5) is 0 Å². The molecule has 1 aromatic carbocycles. The van der Waals surface area contributed by atoms with Crippen LogP contribution in [0.25, 0.3) is 0 Å². The molecule has 1 saturated carbocycles. The topological polar surface area (TPSA) is 41.6 Å². The summed E-state index contributed by atoms with van der Waals surface area (Å²) in [6.45, 7) is 2.61. The van der Waals surface area contributed by atoms with Gasteiger partial charge in [0.2, 0.25) is 0 Å². The Morgan fingerprint density at radius 3 is 2.85 bits per heavy atom. The second-order valence-electron chi connectivity index (χ2n) is 5.81. The summed E-state index contributed by atoms with van der Waals surface area (Å²) in [5.41, 5.74) is 0.683. The molecule has 3 rings (SSSR count). The number of amides is 1. The molecular weight excluding hydrogens is 252 g/mol. The van der Waals surface area contributed by atoms with Crippen molar-refractivity contribution in [3.05, 3.63) is 29.8 Å². The van der Waals surface area contributed by atoms with Gasteiger partial charge in [-0.1, -0.05) is 12.1 Å². The van der Waals surface area contributed by atoms with E-state index in [9.17, 15) is 4.79 Å². The Kier molecular flexibility index (Phi) is 3.92. The van der Waals surface area contributed by atoms with E-state index in [0.717, 1.165) is 31.9 Å². The van der Waals surface area contributed by atoms with Gasteiger partial charge in [0.05, 0.1) is 12.2 Å². The quantitative estimate of drug-likeness (QED) is 0.892. The van der Waals surface area contributed by atoms with Crippen LogP contribution in [0.1, 0.15) is 29.6 Å². The Morgan fingerprint density at radius 2 is 2.15 bits per heavy atom. The first-order valence-corrected chi connectivity index (χ1v) is 7.45. The molecule has 20 heavy (non-hydrogen) atoms. The molecule has 0 aromatic heterocycles. The van der Waals surface area contributed by atoms with Gasteiger partial charge in [-0.2, -0.15) is 0 Å². The fourth-order valence-corrected chi connectivity index (χ4v) is 2.59. The number of benzene rings is 1. The van der Waals surface area contributed by atoms with Crippen LogP contribution in [-0.2, 0) is 0 Å². The minimum atomic E-state index is 0.0603. The number of rotatable bonds is 5. The molecule has 1 aliphatic heterocycles. The molecule has 1 amide bonds. The fourth-order valence-electron chi connectivity index (χ4n) is 2.59. The molecule has 0 spiro atoms. The summed E-state index contributed by atoms with van der Waals surface area (Å²) in [4.78, 5) is 14.5. The van der Waals surface area contributed by atoms with E-state index in [2.05, 4.69) is 5.32 Å². The predicted molar refractivity (Wildman–Crippen MR) is 78.0 cm³/mol. The lowest BCUT2D eigenvalue weighted by atomic mass is 10.1. The average molecular weight is 274 g/mol. The van der Waals surface area contributed by atoms with E-state index in [1.807, 2.05) is 36.2 Å². The largest absolute Gasteiger partial charge is 0.492 e. The van der Waals surface area contributed by atoms with Crippen LogP contribution in [0, 0.1) is 5.92 Å². The van der Waals surface area contributed by atoms with Gasteiger partial charge < -0.3 is 15.0 Å². The second-order valence-corrected chi connectivity index (χ2v) is 5.81. The molecule has 1 heterocycles. The van der Waals surface area contributed by atoms with Crippen molar-refractivity contribution in [2.45, 2.75) is 25.3 Å². The van der Waals surface area contributed by atoms with Crippen molar-refractivity contribution in [2.24, 2.45) is 5.92 Å². The van der Waals surface area contributed by atoms with E-state index in [4.69, 9.17) is 4.74 Å².